The summed E-state index contributed by atoms with van der Waals surface area (Å²) in [4.78, 5) is 8.85. The second-order valence-electron chi connectivity index (χ2n) is 4.85. The van der Waals surface area contributed by atoms with Crippen LogP contribution in [0.1, 0.15) is 29.8 Å². The Morgan fingerprint density at radius 2 is 2.19 bits per heavy atom. The zero-order valence-electron chi connectivity index (χ0n) is 11.7. The molecule has 3 aromatic rings. The number of alkyl halides is 1. The summed E-state index contributed by atoms with van der Waals surface area (Å²) in [6.45, 7) is 4.41. The summed E-state index contributed by atoms with van der Waals surface area (Å²) in [5, 5.41) is 3.76. The minimum Gasteiger partial charge on any atom is -0.340 e. The maximum absolute atomic E-state index is 6.26. The van der Waals surface area contributed by atoms with E-state index in [0.717, 1.165) is 21.3 Å². The first kappa shape index (κ1) is 14.5. The van der Waals surface area contributed by atoms with Crippen molar-refractivity contribution in [3.05, 3.63) is 40.2 Å². The van der Waals surface area contributed by atoms with E-state index in [9.17, 15) is 0 Å². The minimum atomic E-state index is -0.164. The van der Waals surface area contributed by atoms with Gasteiger partial charge in [-0.05, 0) is 25.1 Å². The number of imidazole rings is 1. The van der Waals surface area contributed by atoms with E-state index in [1.807, 2.05) is 25.1 Å². The molecule has 1 unspecified atom stereocenters. The summed E-state index contributed by atoms with van der Waals surface area (Å²) in [6.07, 6.45) is 0.673. The summed E-state index contributed by atoms with van der Waals surface area (Å²) in [7, 11) is 0. The summed E-state index contributed by atoms with van der Waals surface area (Å²) in [5.74, 6) is 2.12. The molecule has 0 amide bonds. The molecule has 110 valence electrons. The van der Waals surface area contributed by atoms with E-state index in [1.54, 1.807) is 6.92 Å². The fourth-order valence-corrected chi connectivity index (χ4v) is 2.82. The highest BCUT2D eigenvalue weighted by Gasteiger charge is 2.16. The molecule has 0 fully saturated rings. The molecule has 3 rings (SSSR count). The van der Waals surface area contributed by atoms with Crippen molar-refractivity contribution >= 4 is 38.6 Å². The first-order valence-corrected chi connectivity index (χ1v) is 7.86. The Kier molecular flexibility index (Phi) is 3.99. The highest BCUT2D eigenvalue weighted by atomic mass is 79.9. The van der Waals surface area contributed by atoms with Crippen LogP contribution >= 0.6 is 27.5 Å². The van der Waals surface area contributed by atoms with Crippen molar-refractivity contribution in [3.8, 4) is 0 Å². The van der Waals surface area contributed by atoms with Crippen molar-refractivity contribution in [2.45, 2.75) is 32.2 Å². The van der Waals surface area contributed by atoms with Gasteiger partial charge in [-0.1, -0.05) is 21.1 Å². The Labute approximate surface area is 135 Å². The molecule has 5 nitrogen and oxygen atoms in total. The van der Waals surface area contributed by atoms with Crippen LogP contribution in [0.5, 0.6) is 0 Å². The second kappa shape index (κ2) is 5.77. The molecule has 0 spiro atoms. The average molecular weight is 370 g/mol. The molecule has 0 N–H and O–H groups in total. The largest absolute Gasteiger partial charge is 0.340 e. The monoisotopic (exact) mass is 368 g/mol. The summed E-state index contributed by atoms with van der Waals surface area (Å²) in [6, 6.07) is 6.01. The Hall–Kier alpha value is -1.40. The third kappa shape index (κ3) is 2.96. The highest BCUT2D eigenvalue weighted by Crippen LogP contribution is 2.27. The Balaban J connectivity index is 1.98. The molecule has 0 radical (unpaired) electrons. The first-order valence-electron chi connectivity index (χ1n) is 6.63. The quantitative estimate of drug-likeness (QED) is 0.651. The van der Waals surface area contributed by atoms with E-state index in [1.165, 1.54) is 0 Å². The molecule has 21 heavy (non-hydrogen) atoms. The van der Waals surface area contributed by atoms with Gasteiger partial charge in [0.1, 0.15) is 5.82 Å². The number of hydrogen-bond acceptors (Lipinski definition) is 4. The molecule has 0 aliphatic heterocycles. The van der Waals surface area contributed by atoms with Gasteiger partial charge in [-0.25, -0.2) is 4.98 Å². The van der Waals surface area contributed by atoms with Crippen LogP contribution in [0.3, 0.4) is 0 Å². The molecule has 1 atom stereocenters. The molecule has 0 aliphatic rings. The van der Waals surface area contributed by atoms with Gasteiger partial charge in [-0.15, -0.1) is 11.6 Å². The van der Waals surface area contributed by atoms with Crippen molar-refractivity contribution < 1.29 is 4.52 Å². The lowest BCUT2D eigenvalue weighted by atomic mass is 10.3. The van der Waals surface area contributed by atoms with Crippen molar-refractivity contribution in [1.29, 1.82) is 0 Å². The van der Waals surface area contributed by atoms with Crippen molar-refractivity contribution in [1.82, 2.24) is 19.7 Å². The van der Waals surface area contributed by atoms with Crippen molar-refractivity contribution in [3.63, 3.8) is 0 Å². The van der Waals surface area contributed by atoms with Crippen LogP contribution in [-0.2, 0) is 13.0 Å². The smallest absolute Gasteiger partial charge is 0.223 e. The van der Waals surface area contributed by atoms with Crippen LogP contribution in [0.4, 0.5) is 0 Å². The molecule has 0 saturated carbocycles. The molecule has 2 heterocycles. The third-order valence-corrected chi connectivity index (χ3v) is 3.91. The zero-order chi connectivity index (χ0) is 15.0. The average Bonchev–Trinajstić information content (AvgIpc) is 3.00. The number of rotatable bonds is 4. The molecule has 1 aromatic carbocycles. The lowest BCUT2D eigenvalue weighted by molar-refractivity contribution is 0.386. The summed E-state index contributed by atoms with van der Waals surface area (Å²) >= 11 is 9.76. The van der Waals surface area contributed by atoms with E-state index in [-0.39, 0.29) is 5.38 Å². The van der Waals surface area contributed by atoms with Gasteiger partial charge in [0.2, 0.25) is 5.89 Å². The zero-order valence-corrected chi connectivity index (χ0v) is 14.0. The summed E-state index contributed by atoms with van der Waals surface area (Å²) < 4.78 is 8.13. The van der Waals surface area contributed by atoms with Gasteiger partial charge < -0.3 is 9.09 Å². The molecule has 7 heteroatoms. The lowest BCUT2D eigenvalue weighted by Crippen LogP contribution is -2.07. The Morgan fingerprint density at radius 3 is 2.86 bits per heavy atom. The summed E-state index contributed by atoms with van der Waals surface area (Å²) in [5.41, 5.74) is 1.98. The second-order valence-corrected chi connectivity index (χ2v) is 6.42. The van der Waals surface area contributed by atoms with Crippen molar-refractivity contribution in [2.24, 2.45) is 0 Å². The van der Waals surface area contributed by atoms with Crippen LogP contribution in [-0.4, -0.2) is 19.7 Å². The van der Waals surface area contributed by atoms with Gasteiger partial charge in [-0.2, -0.15) is 4.98 Å². The topological polar surface area (TPSA) is 56.7 Å². The fourth-order valence-electron chi connectivity index (χ4n) is 2.31. The molecule has 0 aliphatic carbocycles. The van der Waals surface area contributed by atoms with Gasteiger partial charge in [0.05, 0.1) is 16.4 Å². The number of halogens is 2. The number of aryl methyl sites for hydroxylation is 3. The highest BCUT2D eigenvalue weighted by molar-refractivity contribution is 9.10. The van der Waals surface area contributed by atoms with Crippen LogP contribution in [0.25, 0.3) is 11.0 Å². The van der Waals surface area contributed by atoms with Gasteiger partial charge in [0, 0.05) is 24.4 Å². The minimum absolute atomic E-state index is 0.164. The van der Waals surface area contributed by atoms with Crippen LogP contribution in [0.15, 0.2) is 27.2 Å². The molecular formula is C14H14BrClN4O. The van der Waals surface area contributed by atoms with Gasteiger partial charge >= 0.3 is 0 Å². The molecule has 0 bridgehead atoms. The number of benzene rings is 1. The van der Waals surface area contributed by atoms with E-state index < -0.39 is 0 Å². The number of fused-ring (bicyclic) bond motifs is 1. The number of aromatic nitrogens is 4. The Morgan fingerprint density at radius 1 is 1.38 bits per heavy atom. The first-order chi connectivity index (χ1) is 10.0. The SMILES string of the molecule is Cc1nc(CCn2c(C(C)Cl)nc3ccc(Br)cc32)no1. The standard InChI is InChI=1S/C14H14BrClN4O/c1-8(16)14-18-11-4-3-10(15)7-12(11)20(14)6-5-13-17-9(2)21-19-13/h3-4,7-8H,5-6H2,1-2H3. The van der Waals surface area contributed by atoms with E-state index in [0.29, 0.717) is 24.7 Å². The number of hydrogen-bond donors (Lipinski definition) is 0. The van der Waals surface area contributed by atoms with Crippen LogP contribution < -0.4 is 0 Å². The van der Waals surface area contributed by atoms with Crippen LogP contribution in [0.2, 0.25) is 0 Å². The lowest BCUT2D eigenvalue weighted by Gasteiger charge is -2.09. The van der Waals surface area contributed by atoms with E-state index in [2.05, 4.69) is 35.6 Å². The van der Waals surface area contributed by atoms with E-state index in [4.69, 9.17) is 16.1 Å². The predicted molar refractivity (Wildman–Crippen MR) is 84.4 cm³/mol. The maximum Gasteiger partial charge on any atom is 0.223 e. The molecule has 2 aromatic heterocycles. The van der Waals surface area contributed by atoms with Gasteiger partial charge in [-0.3, -0.25) is 0 Å². The van der Waals surface area contributed by atoms with Crippen LogP contribution in [0, 0.1) is 6.92 Å². The van der Waals surface area contributed by atoms with E-state index >= 15 is 0 Å². The fraction of sp³-hybridized carbons (Fsp3) is 0.357. The van der Waals surface area contributed by atoms with Gasteiger partial charge in [0.15, 0.2) is 5.82 Å². The molecular weight excluding hydrogens is 356 g/mol. The Bertz CT molecular complexity index is 780. The van der Waals surface area contributed by atoms with Crippen molar-refractivity contribution in [2.75, 3.05) is 0 Å². The maximum atomic E-state index is 6.26. The predicted octanol–water partition coefficient (Wildman–Crippen LogP) is 4.03. The normalized spacial score (nSPS) is 13.0. The van der Waals surface area contributed by atoms with Gasteiger partial charge in [0.25, 0.3) is 0 Å². The third-order valence-electron chi connectivity index (χ3n) is 3.22. The molecule has 0 saturated heterocycles. The number of nitrogens with zero attached hydrogens (tertiary/aromatic N) is 4.